The second-order valence-electron chi connectivity index (χ2n) is 9.42. The molecular formula is C25H34N2O4. The van der Waals surface area contributed by atoms with Gasteiger partial charge in [0.05, 0.1) is 27.4 Å². The van der Waals surface area contributed by atoms with E-state index in [2.05, 4.69) is 15.9 Å². The van der Waals surface area contributed by atoms with Gasteiger partial charge in [-0.05, 0) is 62.6 Å². The first-order chi connectivity index (χ1) is 15.1. The zero-order chi connectivity index (χ0) is 21.5. The average Bonchev–Trinajstić information content (AvgIpc) is 2.82. The number of ether oxygens (including phenoxy) is 3. The number of nitrogens with zero attached hydrogens (tertiary/aromatic N) is 2. The van der Waals surface area contributed by atoms with E-state index in [1.807, 2.05) is 0 Å². The Kier molecular flexibility index (Phi) is 5.59. The maximum Gasteiger partial charge on any atom is 0.254 e. The molecule has 1 aliphatic carbocycles. The number of hydrogen-bond donors (Lipinski definition) is 0. The SMILES string of the molecule is COc1cc(C(=O)N2CCCC3=C[C@H]4C[C@H](CN5CCCC[C@H]45)[C@@H]32)cc(OC)c1OC. The lowest BCUT2D eigenvalue weighted by Crippen LogP contribution is -2.60. The monoisotopic (exact) mass is 426 g/mol. The summed E-state index contributed by atoms with van der Waals surface area (Å²) in [7, 11) is 4.76. The van der Waals surface area contributed by atoms with E-state index in [1.165, 1.54) is 37.8 Å². The number of piperidine rings is 3. The van der Waals surface area contributed by atoms with Crippen LogP contribution in [-0.2, 0) is 0 Å². The van der Waals surface area contributed by atoms with Gasteiger partial charge in [0, 0.05) is 24.7 Å². The number of likely N-dealkylation sites (tertiary alicyclic amines) is 1. The molecule has 4 aliphatic rings. The smallest absolute Gasteiger partial charge is 0.254 e. The van der Waals surface area contributed by atoms with Crippen molar-refractivity contribution >= 4 is 5.91 Å². The molecule has 168 valence electrons. The second-order valence-corrected chi connectivity index (χ2v) is 9.42. The standard InChI is InChI=1S/C25H34N2O4/c1-29-21-13-18(14-22(30-2)24(21)31-3)25(28)27-10-6-7-16-11-17-12-19(23(16)27)15-26-9-5-4-8-20(17)26/h11,13-14,17,19-20,23H,4-10,12,15H2,1-3H3/t17-,19+,20+,23+/m0/s1. The molecule has 2 bridgehead atoms. The molecule has 1 amide bonds. The number of methoxy groups -OCH3 is 3. The minimum atomic E-state index is 0.0640. The Balaban J connectivity index is 1.47. The van der Waals surface area contributed by atoms with Gasteiger partial charge in [0.1, 0.15) is 0 Å². The summed E-state index contributed by atoms with van der Waals surface area (Å²) < 4.78 is 16.4. The minimum Gasteiger partial charge on any atom is -0.493 e. The molecule has 0 radical (unpaired) electrons. The van der Waals surface area contributed by atoms with Crippen LogP contribution in [0.1, 0.15) is 48.9 Å². The quantitative estimate of drug-likeness (QED) is 0.687. The van der Waals surface area contributed by atoms with Gasteiger partial charge in [-0.25, -0.2) is 0 Å². The maximum absolute atomic E-state index is 13.8. The Hall–Kier alpha value is -2.21. The number of fused-ring (bicyclic) bond motifs is 6. The third-order valence-corrected chi connectivity index (χ3v) is 7.83. The number of carbonyl (C=O) groups is 1. The van der Waals surface area contributed by atoms with E-state index in [4.69, 9.17) is 14.2 Å². The first kappa shape index (κ1) is 20.7. The van der Waals surface area contributed by atoms with E-state index in [0.717, 1.165) is 32.0 Å². The molecule has 0 N–H and O–H groups in total. The lowest BCUT2D eigenvalue weighted by atomic mass is 9.68. The van der Waals surface area contributed by atoms with E-state index in [0.29, 0.717) is 34.6 Å². The molecule has 3 saturated heterocycles. The first-order valence-electron chi connectivity index (χ1n) is 11.7. The molecule has 3 heterocycles. The Morgan fingerprint density at radius 1 is 1.00 bits per heavy atom. The van der Waals surface area contributed by atoms with Gasteiger partial charge in [0.2, 0.25) is 5.75 Å². The van der Waals surface area contributed by atoms with Crippen LogP contribution in [0.25, 0.3) is 0 Å². The van der Waals surface area contributed by atoms with Crippen molar-refractivity contribution in [1.82, 2.24) is 9.80 Å². The molecule has 5 rings (SSSR count). The van der Waals surface area contributed by atoms with E-state index in [9.17, 15) is 4.79 Å². The van der Waals surface area contributed by atoms with Gasteiger partial charge in [-0.15, -0.1) is 0 Å². The zero-order valence-electron chi connectivity index (χ0n) is 18.9. The van der Waals surface area contributed by atoms with Crippen LogP contribution < -0.4 is 14.2 Å². The largest absolute Gasteiger partial charge is 0.493 e. The molecule has 31 heavy (non-hydrogen) atoms. The summed E-state index contributed by atoms with van der Waals surface area (Å²) in [6.45, 7) is 3.15. The third-order valence-electron chi connectivity index (χ3n) is 7.83. The summed E-state index contributed by atoms with van der Waals surface area (Å²) in [5.41, 5.74) is 2.10. The highest BCUT2D eigenvalue weighted by Crippen LogP contribution is 2.46. The number of amides is 1. The summed E-state index contributed by atoms with van der Waals surface area (Å²) >= 11 is 0. The normalized spacial score (nSPS) is 30.0. The Bertz CT molecular complexity index is 857. The van der Waals surface area contributed by atoms with Crippen LogP contribution >= 0.6 is 0 Å². The summed E-state index contributed by atoms with van der Waals surface area (Å²) in [4.78, 5) is 18.6. The van der Waals surface area contributed by atoms with Crippen LogP contribution in [0.4, 0.5) is 0 Å². The van der Waals surface area contributed by atoms with Crippen molar-refractivity contribution in [3.63, 3.8) is 0 Å². The van der Waals surface area contributed by atoms with Crippen LogP contribution in [0.2, 0.25) is 0 Å². The number of carbonyl (C=O) groups excluding carboxylic acids is 1. The van der Waals surface area contributed by atoms with Gasteiger partial charge in [0.15, 0.2) is 11.5 Å². The van der Waals surface area contributed by atoms with Crippen molar-refractivity contribution < 1.29 is 19.0 Å². The van der Waals surface area contributed by atoms with Gasteiger partial charge in [-0.3, -0.25) is 9.69 Å². The van der Waals surface area contributed by atoms with Crippen molar-refractivity contribution in [2.45, 2.75) is 50.6 Å². The van der Waals surface area contributed by atoms with Crippen molar-refractivity contribution in [1.29, 1.82) is 0 Å². The molecule has 0 saturated carbocycles. The molecule has 0 unspecified atom stereocenters. The van der Waals surface area contributed by atoms with Gasteiger partial charge in [-0.2, -0.15) is 0 Å². The molecule has 3 fully saturated rings. The summed E-state index contributed by atoms with van der Waals surface area (Å²) in [6.07, 6.45) is 9.94. The van der Waals surface area contributed by atoms with Gasteiger partial charge < -0.3 is 19.1 Å². The number of hydrogen-bond acceptors (Lipinski definition) is 5. The van der Waals surface area contributed by atoms with E-state index < -0.39 is 0 Å². The number of rotatable bonds is 4. The average molecular weight is 427 g/mol. The van der Waals surface area contributed by atoms with Crippen LogP contribution in [0.5, 0.6) is 17.2 Å². The predicted molar refractivity (Wildman–Crippen MR) is 119 cm³/mol. The molecule has 3 aliphatic heterocycles. The molecule has 0 aromatic heterocycles. The Morgan fingerprint density at radius 3 is 2.48 bits per heavy atom. The summed E-state index contributed by atoms with van der Waals surface area (Å²) in [6, 6.07) is 4.52. The van der Waals surface area contributed by atoms with Crippen LogP contribution in [0, 0.1) is 11.8 Å². The fourth-order valence-electron chi connectivity index (χ4n) is 6.57. The van der Waals surface area contributed by atoms with Gasteiger partial charge in [-0.1, -0.05) is 18.1 Å². The van der Waals surface area contributed by atoms with Crippen molar-refractivity contribution in [3.8, 4) is 17.2 Å². The third kappa shape index (κ3) is 3.49. The lowest BCUT2D eigenvalue weighted by Gasteiger charge is -2.54. The molecule has 1 aromatic rings. The summed E-state index contributed by atoms with van der Waals surface area (Å²) in [5, 5.41) is 0. The minimum absolute atomic E-state index is 0.0640. The van der Waals surface area contributed by atoms with Gasteiger partial charge in [0.25, 0.3) is 5.91 Å². The van der Waals surface area contributed by atoms with Crippen LogP contribution in [0.15, 0.2) is 23.8 Å². The highest BCUT2D eigenvalue weighted by atomic mass is 16.5. The van der Waals surface area contributed by atoms with E-state index in [1.54, 1.807) is 33.5 Å². The molecule has 0 spiro atoms. The fourth-order valence-corrected chi connectivity index (χ4v) is 6.57. The van der Waals surface area contributed by atoms with Crippen molar-refractivity contribution in [2.75, 3.05) is 41.0 Å². The molecule has 1 aromatic carbocycles. The second kappa shape index (κ2) is 8.38. The zero-order valence-corrected chi connectivity index (χ0v) is 18.9. The lowest BCUT2D eigenvalue weighted by molar-refractivity contribution is 0.00146. The highest BCUT2D eigenvalue weighted by Gasteiger charge is 2.47. The van der Waals surface area contributed by atoms with Gasteiger partial charge >= 0.3 is 0 Å². The fraction of sp³-hybridized carbons (Fsp3) is 0.640. The molecule has 6 nitrogen and oxygen atoms in total. The molecule has 4 atom stereocenters. The Labute approximate surface area is 185 Å². The van der Waals surface area contributed by atoms with Crippen LogP contribution in [-0.4, -0.2) is 68.8 Å². The van der Waals surface area contributed by atoms with Crippen molar-refractivity contribution in [2.24, 2.45) is 11.8 Å². The Morgan fingerprint density at radius 2 is 1.77 bits per heavy atom. The topological polar surface area (TPSA) is 51.2 Å². The number of benzene rings is 1. The predicted octanol–water partition coefficient (Wildman–Crippen LogP) is 3.75. The van der Waals surface area contributed by atoms with E-state index in [-0.39, 0.29) is 11.9 Å². The van der Waals surface area contributed by atoms with Crippen LogP contribution in [0.3, 0.4) is 0 Å². The van der Waals surface area contributed by atoms with E-state index >= 15 is 0 Å². The maximum atomic E-state index is 13.8. The summed E-state index contributed by atoms with van der Waals surface area (Å²) in [5.74, 6) is 2.83. The molecule has 6 heteroatoms. The molecular weight excluding hydrogens is 392 g/mol. The van der Waals surface area contributed by atoms with Crippen molar-refractivity contribution in [3.05, 3.63) is 29.3 Å². The highest BCUT2D eigenvalue weighted by molar-refractivity contribution is 5.96. The first-order valence-corrected chi connectivity index (χ1v) is 11.7.